The van der Waals surface area contributed by atoms with Crippen molar-refractivity contribution in [2.75, 3.05) is 27.2 Å². The Kier molecular flexibility index (Phi) is 4.87. The van der Waals surface area contributed by atoms with Crippen LogP contribution in [0.3, 0.4) is 0 Å². The van der Waals surface area contributed by atoms with Gasteiger partial charge in [-0.05, 0) is 14.1 Å². The first kappa shape index (κ1) is 14.8. The van der Waals surface area contributed by atoms with Gasteiger partial charge in [0.25, 0.3) is 0 Å². The molecule has 1 rings (SSSR count). The Balaban J connectivity index is 2.72. The monoisotopic (exact) mass is 252 g/mol. The second-order valence-corrected chi connectivity index (χ2v) is 4.41. The van der Waals surface area contributed by atoms with Gasteiger partial charge in [0, 0.05) is 6.54 Å². The summed E-state index contributed by atoms with van der Waals surface area (Å²) in [6.45, 7) is -3.83. The van der Waals surface area contributed by atoms with E-state index in [-0.39, 0.29) is 6.54 Å². The SMILES string of the molecule is CN(C)CC1O[B-](O)(O)OC1C(O)C(O)CO. The first-order valence-corrected chi connectivity index (χ1v) is 5.32. The molecule has 1 aliphatic heterocycles. The van der Waals surface area contributed by atoms with Crippen molar-refractivity contribution in [2.45, 2.75) is 24.4 Å². The lowest BCUT2D eigenvalue weighted by molar-refractivity contribution is -0.0804. The van der Waals surface area contributed by atoms with E-state index < -0.39 is 38.0 Å². The molecule has 0 spiro atoms. The van der Waals surface area contributed by atoms with E-state index in [2.05, 4.69) is 0 Å². The summed E-state index contributed by atoms with van der Waals surface area (Å²) >= 11 is 0. The summed E-state index contributed by atoms with van der Waals surface area (Å²) in [6, 6.07) is 0. The topological polar surface area (TPSA) is 123 Å². The lowest BCUT2D eigenvalue weighted by atomic mass is 10.0. The zero-order valence-corrected chi connectivity index (χ0v) is 9.80. The third kappa shape index (κ3) is 3.86. The molecule has 0 amide bonds. The molecule has 4 atom stereocenters. The van der Waals surface area contributed by atoms with Crippen molar-refractivity contribution in [1.82, 2.24) is 4.90 Å². The molecule has 0 saturated carbocycles. The largest absolute Gasteiger partial charge is 0.533 e. The van der Waals surface area contributed by atoms with E-state index in [9.17, 15) is 20.3 Å². The lowest BCUT2D eigenvalue weighted by Crippen LogP contribution is -2.47. The van der Waals surface area contributed by atoms with Gasteiger partial charge < -0.3 is 39.6 Å². The van der Waals surface area contributed by atoms with Crippen LogP contribution in [0.4, 0.5) is 0 Å². The Morgan fingerprint density at radius 2 is 1.82 bits per heavy atom. The molecule has 0 aromatic rings. The highest BCUT2D eigenvalue weighted by Gasteiger charge is 2.46. The van der Waals surface area contributed by atoms with E-state index in [1.807, 2.05) is 0 Å². The van der Waals surface area contributed by atoms with Gasteiger partial charge in [0.15, 0.2) is 0 Å². The maximum Gasteiger partial charge on any atom is 0.527 e. The summed E-state index contributed by atoms with van der Waals surface area (Å²) in [7, 11) is 3.47. The standard InChI is InChI=1S/C8H19BNO7/c1-10(2)3-6-8(7(13)5(12)4-11)17-9(14,15)16-6/h5-8,11-15H,3-4H2,1-2H3/q-1. The van der Waals surface area contributed by atoms with Crippen molar-refractivity contribution < 1.29 is 34.7 Å². The zero-order valence-electron chi connectivity index (χ0n) is 9.80. The van der Waals surface area contributed by atoms with Crippen LogP contribution in [0.25, 0.3) is 0 Å². The van der Waals surface area contributed by atoms with Crippen LogP contribution in [0.1, 0.15) is 0 Å². The third-order valence-electron chi connectivity index (χ3n) is 2.52. The molecule has 5 N–H and O–H groups in total. The maximum absolute atomic E-state index is 9.69. The summed E-state index contributed by atoms with van der Waals surface area (Å²) in [5, 5.41) is 46.2. The summed E-state index contributed by atoms with van der Waals surface area (Å²) in [6.07, 6.45) is -4.82. The van der Waals surface area contributed by atoms with Gasteiger partial charge in [0.2, 0.25) is 0 Å². The number of nitrogens with zero attached hydrogens (tertiary/aromatic N) is 1. The average molecular weight is 252 g/mol. The predicted molar refractivity (Wildman–Crippen MR) is 57.6 cm³/mol. The van der Waals surface area contributed by atoms with Gasteiger partial charge in [-0.2, -0.15) is 0 Å². The Bertz CT molecular complexity index is 252. The average Bonchev–Trinajstić information content (AvgIpc) is 2.50. The molecular formula is C8H19BNO7-. The first-order chi connectivity index (χ1) is 7.76. The van der Waals surface area contributed by atoms with Crippen LogP contribution in [0, 0.1) is 0 Å². The summed E-state index contributed by atoms with van der Waals surface area (Å²) in [4.78, 5) is 1.70. The molecular weight excluding hydrogens is 233 g/mol. The van der Waals surface area contributed by atoms with E-state index in [4.69, 9.17) is 14.4 Å². The Labute approximate surface area is 99.0 Å². The fourth-order valence-electron chi connectivity index (χ4n) is 1.76. The molecule has 9 heteroatoms. The van der Waals surface area contributed by atoms with Gasteiger partial charge in [0.1, 0.15) is 12.2 Å². The molecule has 0 bridgehead atoms. The fraction of sp³-hybridized carbons (Fsp3) is 1.00. The van der Waals surface area contributed by atoms with E-state index in [1.165, 1.54) is 0 Å². The highest BCUT2D eigenvalue weighted by molar-refractivity contribution is 6.51. The van der Waals surface area contributed by atoms with Crippen molar-refractivity contribution in [3.8, 4) is 0 Å². The van der Waals surface area contributed by atoms with E-state index in [1.54, 1.807) is 19.0 Å². The predicted octanol–water partition coefficient (Wildman–Crippen LogP) is -3.53. The number of hydrogen-bond acceptors (Lipinski definition) is 8. The van der Waals surface area contributed by atoms with Gasteiger partial charge in [-0.3, -0.25) is 0 Å². The second-order valence-electron chi connectivity index (χ2n) is 4.41. The van der Waals surface area contributed by atoms with Gasteiger partial charge in [-0.15, -0.1) is 0 Å². The minimum Gasteiger partial charge on any atom is -0.533 e. The molecule has 1 heterocycles. The molecule has 8 nitrogen and oxygen atoms in total. The molecule has 17 heavy (non-hydrogen) atoms. The minimum absolute atomic E-state index is 0.268. The smallest absolute Gasteiger partial charge is 0.527 e. The lowest BCUT2D eigenvalue weighted by Gasteiger charge is -2.30. The quantitative estimate of drug-likeness (QED) is 0.319. The van der Waals surface area contributed by atoms with E-state index >= 15 is 0 Å². The molecule has 1 aliphatic rings. The van der Waals surface area contributed by atoms with Crippen LogP contribution >= 0.6 is 0 Å². The normalized spacial score (nSPS) is 31.8. The Morgan fingerprint density at radius 1 is 1.24 bits per heavy atom. The van der Waals surface area contributed by atoms with Crippen molar-refractivity contribution in [3.05, 3.63) is 0 Å². The van der Waals surface area contributed by atoms with Crippen LogP contribution in [0.5, 0.6) is 0 Å². The second kappa shape index (κ2) is 5.59. The van der Waals surface area contributed by atoms with Crippen molar-refractivity contribution in [2.24, 2.45) is 0 Å². The summed E-state index contributed by atoms with van der Waals surface area (Å²) < 4.78 is 9.60. The third-order valence-corrected chi connectivity index (χ3v) is 2.52. The van der Waals surface area contributed by atoms with Crippen molar-refractivity contribution in [1.29, 1.82) is 0 Å². The van der Waals surface area contributed by atoms with Crippen molar-refractivity contribution >= 4 is 6.96 Å². The van der Waals surface area contributed by atoms with Crippen LogP contribution in [-0.2, 0) is 9.31 Å². The highest BCUT2D eigenvalue weighted by Crippen LogP contribution is 2.25. The van der Waals surface area contributed by atoms with Gasteiger partial charge in [-0.25, -0.2) is 0 Å². The van der Waals surface area contributed by atoms with Crippen LogP contribution in [0.15, 0.2) is 0 Å². The summed E-state index contributed by atoms with van der Waals surface area (Å²) in [5.74, 6) is 0. The van der Waals surface area contributed by atoms with Crippen LogP contribution < -0.4 is 0 Å². The van der Waals surface area contributed by atoms with Gasteiger partial charge in [0.05, 0.1) is 18.8 Å². The van der Waals surface area contributed by atoms with Crippen molar-refractivity contribution in [3.63, 3.8) is 0 Å². The molecule has 0 aromatic carbocycles. The first-order valence-electron chi connectivity index (χ1n) is 5.32. The number of rotatable bonds is 5. The number of likely N-dealkylation sites (N-methyl/N-ethyl adjacent to an activating group) is 1. The van der Waals surface area contributed by atoms with Crippen LogP contribution in [0.2, 0.25) is 0 Å². The van der Waals surface area contributed by atoms with E-state index in [0.29, 0.717) is 0 Å². The van der Waals surface area contributed by atoms with Gasteiger partial charge >= 0.3 is 6.96 Å². The number of aliphatic hydroxyl groups excluding tert-OH is 3. The minimum atomic E-state index is -3.44. The molecule has 1 fully saturated rings. The molecule has 0 aliphatic carbocycles. The summed E-state index contributed by atoms with van der Waals surface area (Å²) in [5.41, 5.74) is 0. The Morgan fingerprint density at radius 3 is 2.29 bits per heavy atom. The highest BCUT2D eigenvalue weighted by atomic mass is 16.8. The number of aliphatic hydroxyl groups is 3. The molecule has 102 valence electrons. The zero-order chi connectivity index (χ0) is 13.2. The van der Waals surface area contributed by atoms with E-state index in [0.717, 1.165) is 0 Å². The van der Waals surface area contributed by atoms with Crippen LogP contribution in [-0.4, -0.2) is 88.9 Å². The molecule has 0 aromatic heterocycles. The molecule has 4 unspecified atom stereocenters. The Hall–Kier alpha value is -0.255. The molecule has 1 saturated heterocycles. The fourth-order valence-corrected chi connectivity index (χ4v) is 1.76. The van der Waals surface area contributed by atoms with Gasteiger partial charge in [-0.1, -0.05) is 0 Å². The number of hydrogen-bond donors (Lipinski definition) is 5. The molecule has 0 radical (unpaired) electrons. The maximum atomic E-state index is 9.69.